The molecular weight excluding hydrogens is 479 g/mol. The fourth-order valence-electron chi connectivity index (χ4n) is 4.82. The number of hydrogen-bond acceptors (Lipinski definition) is 7. The highest BCUT2D eigenvalue weighted by molar-refractivity contribution is 6.63. The highest BCUT2D eigenvalue weighted by Gasteiger charge is 2.52. The lowest BCUT2D eigenvalue weighted by Crippen LogP contribution is -2.44. The van der Waals surface area contributed by atoms with Crippen molar-refractivity contribution in [3.8, 4) is 11.8 Å². The van der Waals surface area contributed by atoms with Crippen molar-refractivity contribution < 1.29 is 18.8 Å². The summed E-state index contributed by atoms with van der Waals surface area (Å²) in [6.07, 6.45) is 3.04. The lowest BCUT2D eigenvalue weighted by atomic mass is 9.72. The van der Waals surface area contributed by atoms with Crippen LogP contribution in [-0.2, 0) is 28.7 Å². The Bertz CT molecular complexity index is 1220. The van der Waals surface area contributed by atoms with Crippen LogP contribution in [0.1, 0.15) is 74.3 Å². The maximum Gasteiger partial charge on any atom is 0.495 e. The van der Waals surface area contributed by atoms with Gasteiger partial charge < -0.3 is 23.8 Å². The van der Waals surface area contributed by atoms with Gasteiger partial charge in [0, 0.05) is 30.9 Å². The minimum Gasteiger partial charge on any atom is -0.492 e. The van der Waals surface area contributed by atoms with Crippen molar-refractivity contribution in [2.75, 3.05) is 33.3 Å². The molecule has 2 aliphatic rings. The van der Waals surface area contributed by atoms with E-state index >= 15 is 0 Å². The maximum atomic E-state index is 13.8. The topological polar surface area (TPSA) is 87.9 Å². The maximum absolute atomic E-state index is 13.8. The fraction of sp³-hybridized carbons (Fsp3) is 0.552. The third-order valence-corrected chi connectivity index (χ3v) is 8.02. The Kier molecular flexibility index (Phi) is 8.17. The predicted molar refractivity (Wildman–Crippen MR) is 148 cm³/mol. The number of likely N-dealkylation sites (N-methyl/N-ethyl adjacent to an activating group) is 1. The van der Waals surface area contributed by atoms with Crippen molar-refractivity contribution in [1.82, 2.24) is 14.8 Å². The lowest BCUT2D eigenvalue weighted by molar-refractivity contribution is 0.00578. The summed E-state index contributed by atoms with van der Waals surface area (Å²) >= 11 is 0. The second kappa shape index (κ2) is 11.1. The molecule has 1 aromatic carbocycles. The highest BCUT2D eigenvalue weighted by atomic mass is 16.7. The van der Waals surface area contributed by atoms with Crippen molar-refractivity contribution in [2.45, 2.75) is 72.1 Å². The van der Waals surface area contributed by atoms with E-state index in [-0.39, 0.29) is 5.91 Å². The van der Waals surface area contributed by atoms with E-state index in [0.717, 1.165) is 36.1 Å². The molecule has 3 heterocycles. The quantitative estimate of drug-likeness (QED) is 0.471. The van der Waals surface area contributed by atoms with Crippen LogP contribution in [-0.4, -0.2) is 72.3 Å². The van der Waals surface area contributed by atoms with Crippen molar-refractivity contribution in [3.63, 3.8) is 0 Å². The lowest BCUT2D eigenvalue weighted by Gasteiger charge is -2.32. The Morgan fingerprint density at radius 3 is 2.53 bits per heavy atom. The summed E-state index contributed by atoms with van der Waals surface area (Å²) in [7, 11) is 1.58. The summed E-state index contributed by atoms with van der Waals surface area (Å²) in [5.74, 6) is 0.467. The van der Waals surface area contributed by atoms with Crippen LogP contribution >= 0.6 is 0 Å². The molecule has 0 saturated carbocycles. The summed E-state index contributed by atoms with van der Waals surface area (Å²) in [6.45, 7) is 15.4. The van der Waals surface area contributed by atoms with E-state index in [9.17, 15) is 10.1 Å². The van der Waals surface area contributed by atoms with E-state index in [0.29, 0.717) is 48.7 Å². The molecule has 1 aromatic heterocycles. The Morgan fingerprint density at radius 2 is 1.89 bits per heavy atom. The molecule has 38 heavy (non-hydrogen) atoms. The SMILES string of the molecule is CCOc1cc(CN2CCc3c(B4OC(C)(C)C(C)(C)O4)cc(CCN(C)CC)cc3C2=O)ncc1C#N. The minimum atomic E-state index is -0.522. The number of aromatic nitrogens is 1. The smallest absolute Gasteiger partial charge is 0.492 e. The molecular formula is C29H39BN4O4. The number of nitriles is 1. The molecule has 2 aliphatic heterocycles. The van der Waals surface area contributed by atoms with Crippen LogP contribution in [0.4, 0.5) is 0 Å². The number of ether oxygens (including phenoxy) is 1. The van der Waals surface area contributed by atoms with Gasteiger partial charge in [0.15, 0.2) is 0 Å². The number of nitrogens with zero attached hydrogens (tertiary/aromatic N) is 4. The number of fused-ring (bicyclic) bond motifs is 1. The number of amides is 1. The zero-order valence-electron chi connectivity index (χ0n) is 23.8. The summed E-state index contributed by atoms with van der Waals surface area (Å²) in [4.78, 5) is 22.3. The standard InChI is InChI=1S/C29H39BN4O4/c1-8-33(7)12-10-20-14-24-23(25(15-20)30-37-28(3,4)29(5,6)38-30)11-13-34(27(24)35)19-22-16-26(36-9-2)21(17-31)18-32-22/h14-16,18H,8-13,19H2,1-7H3. The zero-order chi connectivity index (χ0) is 27.7. The normalized spacial score (nSPS) is 18.0. The number of pyridine rings is 1. The molecule has 8 nitrogen and oxygen atoms in total. The van der Waals surface area contributed by atoms with E-state index in [1.807, 2.05) is 45.6 Å². The Hall–Kier alpha value is -2.93. The molecule has 1 fully saturated rings. The van der Waals surface area contributed by atoms with Crippen LogP contribution in [0, 0.1) is 11.3 Å². The Balaban J connectivity index is 1.66. The van der Waals surface area contributed by atoms with E-state index < -0.39 is 18.3 Å². The first kappa shape index (κ1) is 28.1. The molecule has 0 unspecified atom stereocenters. The van der Waals surface area contributed by atoms with Gasteiger partial charge in [-0.1, -0.05) is 13.0 Å². The van der Waals surface area contributed by atoms with Gasteiger partial charge in [-0.3, -0.25) is 9.78 Å². The zero-order valence-corrected chi connectivity index (χ0v) is 23.8. The van der Waals surface area contributed by atoms with Crippen molar-refractivity contribution in [1.29, 1.82) is 5.26 Å². The van der Waals surface area contributed by atoms with Gasteiger partial charge in [-0.25, -0.2) is 0 Å². The molecule has 0 radical (unpaired) electrons. The first-order valence-electron chi connectivity index (χ1n) is 13.5. The van der Waals surface area contributed by atoms with Crippen LogP contribution in [0.15, 0.2) is 24.4 Å². The first-order chi connectivity index (χ1) is 18.0. The Labute approximate surface area is 227 Å². The largest absolute Gasteiger partial charge is 0.495 e. The molecule has 0 atom stereocenters. The molecule has 0 bridgehead atoms. The van der Waals surface area contributed by atoms with Crippen LogP contribution in [0.3, 0.4) is 0 Å². The van der Waals surface area contributed by atoms with Gasteiger partial charge in [0.2, 0.25) is 0 Å². The minimum absolute atomic E-state index is 0.0289. The van der Waals surface area contributed by atoms with Gasteiger partial charge in [0.05, 0.1) is 30.0 Å². The fourth-order valence-corrected chi connectivity index (χ4v) is 4.82. The van der Waals surface area contributed by atoms with Gasteiger partial charge in [-0.05, 0) is 83.7 Å². The van der Waals surface area contributed by atoms with E-state index in [2.05, 4.69) is 36.0 Å². The first-order valence-corrected chi connectivity index (χ1v) is 13.5. The van der Waals surface area contributed by atoms with E-state index in [1.165, 1.54) is 6.20 Å². The van der Waals surface area contributed by atoms with Gasteiger partial charge in [-0.15, -0.1) is 0 Å². The van der Waals surface area contributed by atoms with Gasteiger partial charge in [0.25, 0.3) is 5.91 Å². The predicted octanol–water partition coefficient (Wildman–Crippen LogP) is 3.34. The van der Waals surface area contributed by atoms with Crippen LogP contribution < -0.4 is 10.2 Å². The van der Waals surface area contributed by atoms with Crippen molar-refractivity contribution >= 4 is 18.5 Å². The Morgan fingerprint density at radius 1 is 1.18 bits per heavy atom. The number of carbonyl (C=O) groups excluding carboxylic acids is 1. The summed E-state index contributed by atoms with van der Waals surface area (Å²) in [5.41, 5.74) is 3.91. The number of rotatable bonds is 9. The van der Waals surface area contributed by atoms with Crippen LogP contribution in [0.25, 0.3) is 0 Å². The number of carbonyl (C=O) groups is 1. The third kappa shape index (κ3) is 5.58. The molecule has 0 spiro atoms. The number of benzene rings is 1. The molecule has 0 N–H and O–H groups in total. The second-order valence-electron chi connectivity index (χ2n) is 11.1. The molecule has 9 heteroatoms. The van der Waals surface area contributed by atoms with E-state index in [1.54, 1.807) is 6.07 Å². The molecule has 4 rings (SSSR count). The summed E-state index contributed by atoms with van der Waals surface area (Å²) in [5, 5.41) is 9.35. The third-order valence-electron chi connectivity index (χ3n) is 8.02. The molecule has 202 valence electrons. The van der Waals surface area contributed by atoms with Crippen molar-refractivity contribution in [2.24, 2.45) is 0 Å². The number of hydrogen-bond donors (Lipinski definition) is 0. The van der Waals surface area contributed by atoms with Crippen molar-refractivity contribution in [3.05, 3.63) is 52.3 Å². The van der Waals surface area contributed by atoms with Crippen LogP contribution in [0.2, 0.25) is 0 Å². The molecule has 1 amide bonds. The highest BCUT2D eigenvalue weighted by Crippen LogP contribution is 2.37. The summed E-state index contributed by atoms with van der Waals surface area (Å²) in [6, 6.07) is 8.09. The second-order valence-corrected chi connectivity index (χ2v) is 11.1. The summed E-state index contributed by atoms with van der Waals surface area (Å²) < 4.78 is 18.5. The molecule has 0 aliphatic carbocycles. The van der Waals surface area contributed by atoms with E-state index in [4.69, 9.17) is 14.0 Å². The molecule has 1 saturated heterocycles. The monoisotopic (exact) mass is 518 g/mol. The molecule has 2 aromatic rings. The van der Waals surface area contributed by atoms with Gasteiger partial charge in [0.1, 0.15) is 17.4 Å². The van der Waals surface area contributed by atoms with Crippen LogP contribution in [0.5, 0.6) is 5.75 Å². The average molecular weight is 518 g/mol. The average Bonchev–Trinajstić information content (AvgIpc) is 3.10. The van der Waals surface area contributed by atoms with Gasteiger partial charge >= 0.3 is 7.12 Å². The van der Waals surface area contributed by atoms with Gasteiger partial charge in [-0.2, -0.15) is 5.26 Å².